The van der Waals surface area contributed by atoms with E-state index in [1.165, 1.54) is 6.20 Å². The molecule has 2 N–H and O–H groups in total. The molecule has 5 nitrogen and oxygen atoms in total. The number of hydrogen-bond donors (Lipinski definition) is 1. The van der Waals surface area contributed by atoms with Crippen LogP contribution in [0.1, 0.15) is 10.4 Å². The number of rotatable bonds is 2. The summed E-state index contributed by atoms with van der Waals surface area (Å²) in [4.78, 5) is 23.7. The van der Waals surface area contributed by atoms with Gasteiger partial charge in [0.25, 0.3) is 0 Å². The van der Waals surface area contributed by atoms with E-state index in [2.05, 4.69) is 15.0 Å². The van der Waals surface area contributed by atoms with Gasteiger partial charge in [-0.2, -0.15) is 0 Å². The van der Waals surface area contributed by atoms with Gasteiger partial charge in [0.1, 0.15) is 5.15 Å². The first-order valence-corrected chi connectivity index (χ1v) is 6.18. The van der Waals surface area contributed by atoms with Crippen molar-refractivity contribution in [3.05, 3.63) is 53.7 Å². The summed E-state index contributed by atoms with van der Waals surface area (Å²) >= 11 is 5.78. The number of nitrogens with two attached hydrogens (primary N) is 1. The largest absolute Gasteiger partial charge is 0.366 e. The van der Waals surface area contributed by atoms with Gasteiger partial charge in [0.05, 0.1) is 17.3 Å². The molecule has 0 spiro atoms. The zero-order valence-corrected chi connectivity index (χ0v) is 11.0. The van der Waals surface area contributed by atoms with Crippen molar-refractivity contribution >= 4 is 28.4 Å². The van der Waals surface area contributed by atoms with Gasteiger partial charge in [0, 0.05) is 35.1 Å². The molecule has 0 bridgehead atoms. The molecule has 3 aromatic heterocycles. The van der Waals surface area contributed by atoms with Crippen molar-refractivity contribution < 1.29 is 4.79 Å². The molecular weight excluding hydrogens is 276 g/mol. The highest BCUT2D eigenvalue weighted by Crippen LogP contribution is 2.27. The highest BCUT2D eigenvalue weighted by molar-refractivity contribution is 6.29. The maximum Gasteiger partial charge on any atom is 0.250 e. The second-order valence-corrected chi connectivity index (χ2v) is 4.60. The summed E-state index contributed by atoms with van der Waals surface area (Å²) in [6, 6.07) is 5.24. The Labute approximate surface area is 119 Å². The summed E-state index contributed by atoms with van der Waals surface area (Å²) in [6.45, 7) is 0. The van der Waals surface area contributed by atoms with Gasteiger partial charge in [-0.25, -0.2) is 4.98 Å². The van der Waals surface area contributed by atoms with Crippen LogP contribution >= 0.6 is 11.6 Å². The molecule has 0 atom stereocenters. The molecular formula is C14H9ClN4O. The minimum Gasteiger partial charge on any atom is -0.366 e. The Balaban J connectivity index is 2.26. The van der Waals surface area contributed by atoms with Crippen LogP contribution in [-0.4, -0.2) is 20.9 Å². The molecule has 6 heteroatoms. The van der Waals surface area contributed by atoms with Crippen LogP contribution in [0, 0.1) is 0 Å². The number of aromatic nitrogens is 3. The first kappa shape index (κ1) is 12.5. The number of nitrogens with zero attached hydrogens (tertiary/aromatic N) is 3. The van der Waals surface area contributed by atoms with Crippen molar-refractivity contribution in [2.45, 2.75) is 0 Å². The average molecular weight is 285 g/mol. The second-order valence-electron chi connectivity index (χ2n) is 4.21. The summed E-state index contributed by atoms with van der Waals surface area (Å²) in [7, 11) is 0. The number of primary amides is 1. The molecule has 3 heterocycles. The van der Waals surface area contributed by atoms with E-state index in [0.717, 1.165) is 16.5 Å². The third kappa shape index (κ3) is 2.19. The lowest BCUT2D eigenvalue weighted by Gasteiger charge is -2.06. The van der Waals surface area contributed by atoms with Crippen molar-refractivity contribution in [1.29, 1.82) is 0 Å². The van der Waals surface area contributed by atoms with Gasteiger partial charge in [0.2, 0.25) is 5.91 Å². The van der Waals surface area contributed by atoms with E-state index >= 15 is 0 Å². The molecule has 98 valence electrons. The van der Waals surface area contributed by atoms with Crippen LogP contribution in [0.2, 0.25) is 5.15 Å². The normalized spacial score (nSPS) is 10.7. The minimum atomic E-state index is -0.517. The van der Waals surface area contributed by atoms with E-state index < -0.39 is 5.91 Å². The van der Waals surface area contributed by atoms with Crippen molar-refractivity contribution in [3.8, 4) is 11.1 Å². The Morgan fingerprint density at radius 1 is 1.10 bits per heavy atom. The third-order valence-electron chi connectivity index (χ3n) is 2.93. The number of amides is 1. The van der Waals surface area contributed by atoms with Gasteiger partial charge in [0.15, 0.2) is 0 Å². The van der Waals surface area contributed by atoms with Gasteiger partial charge in [-0.05, 0) is 18.2 Å². The molecule has 3 aromatic rings. The zero-order valence-electron chi connectivity index (χ0n) is 10.2. The topological polar surface area (TPSA) is 81.8 Å². The Morgan fingerprint density at radius 2 is 1.95 bits per heavy atom. The maximum atomic E-state index is 11.3. The Bertz CT molecular complexity index is 802. The number of halogens is 1. The summed E-state index contributed by atoms with van der Waals surface area (Å²) < 4.78 is 0. The van der Waals surface area contributed by atoms with Crippen LogP contribution in [0.5, 0.6) is 0 Å². The van der Waals surface area contributed by atoms with E-state index in [-0.39, 0.29) is 0 Å². The average Bonchev–Trinajstić information content (AvgIpc) is 2.47. The number of carbonyl (C=O) groups is 1. The lowest BCUT2D eigenvalue weighted by molar-refractivity contribution is 0.1000. The van der Waals surface area contributed by atoms with Crippen LogP contribution in [0.3, 0.4) is 0 Å². The lowest BCUT2D eigenvalue weighted by atomic mass is 10.0. The first-order chi connectivity index (χ1) is 9.65. The molecule has 20 heavy (non-hydrogen) atoms. The van der Waals surface area contributed by atoms with Crippen LogP contribution in [0.15, 0.2) is 43.0 Å². The molecule has 0 saturated carbocycles. The first-order valence-electron chi connectivity index (χ1n) is 5.80. The van der Waals surface area contributed by atoms with Gasteiger partial charge < -0.3 is 5.73 Å². The molecule has 0 saturated heterocycles. The summed E-state index contributed by atoms with van der Waals surface area (Å²) in [5.74, 6) is -0.517. The third-order valence-corrected chi connectivity index (χ3v) is 3.16. The van der Waals surface area contributed by atoms with E-state index in [4.69, 9.17) is 17.3 Å². The predicted octanol–water partition coefficient (Wildman–Crippen LogP) is 2.44. The predicted molar refractivity (Wildman–Crippen MR) is 76.3 cm³/mol. The molecule has 0 aliphatic rings. The van der Waals surface area contributed by atoms with Crippen LogP contribution in [0.4, 0.5) is 0 Å². The number of pyridine rings is 3. The standard InChI is InChI=1S/C14H9ClN4O/c15-13-2-1-8(4-19-13)11-6-17-7-12-10(11)3-9(5-18-12)14(16)20/h1-7H,(H2,16,20). The van der Waals surface area contributed by atoms with E-state index in [9.17, 15) is 4.79 Å². The van der Waals surface area contributed by atoms with Gasteiger partial charge >= 0.3 is 0 Å². The van der Waals surface area contributed by atoms with E-state index in [1.54, 1.807) is 30.7 Å². The molecule has 0 unspecified atom stereocenters. The molecule has 0 aliphatic carbocycles. The highest BCUT2D eigenvalue weighted by Gasteiger charge is 2.09. The lowest BCUT2D eigenvalue weighted by Crippen LogP contribution is -2.11. The fourth-order valence-corrected chi connectivity index (χ4v) is 2.06. The van der Waals surface area contributed by atoms with E-state index in [1.807, 2.05) is 6.07 Å². The number of carbonyl (C=O) groups excluding carboxylic acids is 1. The molecule has 0 fully saturated rings. The molecule has 0 aromatic carbocycles. The fourth-order valence-electron chi connectivity index (χ4n) is 1.95. The summed E-state index contributed by atoms with van der Waals surface area (Å²) in [6.07, 6.45) is 6.42. The quantitative estimate of drug-likeness (QED) is 0.733. The van der Waals surface area contributed by atoms with Crippen molar-refractivity contribution in [2.75, 3.05) is 0 Å². The summed E-state index contributed by atoms with van der Waals surface area (Å²) in [5.41, 5.74) is 7.99. The Hall–Kier alpha value is -2.53. The Kier molecular flexibility index (Phi) is 3.04. The molecule has 1 amide bonds. The minimum absolute atomic E-state index is 0.354. The fraction of sp³-hybridized carbons (Fsp3) is 0. The van der Waals surface area contributed by atoms with Crippen molar-refractivity contribution in [1.82, 2.24) is 15.0 Å². The van der Waals surface area contributed by atoms with Crippen LogP contribution in [0.25, 0.3) is 22.0 Å². The smallest absolute Gasteiger partial charge is 0.250 e. The van der Waals surface area contributed by atoms with Gasteiger partial charge in [-0.3, -0.25) is 14.8 Å². The van der Waals surface area contributed by atoms with Crippen molar-refractivity contribution in [2.24, 2.45) is 5.73 Å². The number of hydrogen-bond acceptors (Lipinski definition) is 4. The van der Waals surface area contributed by atoms with Gasteiger partial charge in [-0.1, -0.05) is 11.6 Å². The zero-order chi connectivity index (χ0) is 14.1. The highest BCUT2D eigenvalue weighted by atomic mass is 35.5. The molecule has 3 rings (SSSR count). The SMILES string of the molecule is NC(=O)c1cnc2cncc(-c3ccc(Cl)nc3)c2c1. The molecule has 0 radical (unpaired) electrons. The number of fused-ring (bicyclic) bond motifs is 1. The van der Waals surface area contributed by atoms with Gasteiger partial charge in [-0.15, -0.1) is 0 Å². The molecule has 0 aliphatic heterocycles. The van der Waals surface area contributed by atoms with E-state index in [0.29, 0.717) is 16.2 Å². The second kappa shape index (κ2) is 4.86. The van der Waals surface area contributed by atoms with Crippen LogP contribution in [-0.2, 0) is 0 Å². The Morgan fingerprint density at radius 3 is 2.65 bits per heavy atom. The van der Waals surface area contributed by atoms with Crippen molar-refractivity contribution in [3.63, 3.8) is 0 Å². The summed E-state index contributed by atoms with van der Waals surface area (Å²) in [5, 5.41) is 1.21. The maximum absolute atomic E-state index is 11.3. The van der Waals surface area contributed by atoms with Crippen LogP contribution < -0.4 is 5.73 Å². The monoisotopic (exact) mass is 284 g/mol.